The van der Waals surface area contributed by atoms with Gasteiger partial charge < -0.3 is 10.0 Å². The molecule has 0 spiro atoms. The van der Waals surface area contributed by atoms with Crippen molar-refractivity contribution < 1.29 is 14.7 Å². The van der Waals surface area contributed by atoms with Crippen LogP contribution in [0.4, 0.5) is 0 Å². The lowest BCUT2D eigenvalue weighted by molar-refractivity contribution is -0.132. The van der Waals surface area contributed by atoms with Gasteiger partial charge >= 0.3 is 5.97 Å². The number of aliphatic carboxylic acids is 1. The number of nitrogens with zero attached hydrogens (tertiary/aromatic N) is 1. The summed E-state index contributed by atoms with van der Waals surface area (Å²) in [4.78, 5) is 23.9. The van der Waals surface area contributed by atoms with E-state index in [2.05, 4.69) is 0 Å². The molecule has 0 aliphatic carbocycles. The largest absolute Gasteiger partial charge is 0.478 e. The first-order chi connectivity index (χ1) is 8.18. The van der Waals surface area contributed by atoms with Crippen LogP contribution in [-0.2, 0) is 9.59 Å². The first-order valence-corrected chi connectivity index (χ1v) is 6.36. The van der Waals surface area contributed by atoms with E-state index in [0.717, 1.165) is 30.6 Å². The first-order valence-electron chi connectivity index (χ1n) is 5.42. The van der Waals surface area contributed by atoms with Crippen LogP contribution in [0, 0.1) is 0 Å². The molecule has 1 aliphatic rings. The van der Waals surface area contributed by atoms with Crippen LogP contribution in [0.5, 0.6) is 0 Å². The molecule has 1 amide bonds. The van der Waals surface area contributed by atoms with Crippen molar-refractivity contribution in [1.29, 1.82) is 0 Å². The summed E-state index contributed by atoms with van der Waals surface area (Å²) in [6, 6.07) is 2.12. The van der Waals surface area contributed by atoms with E-state index in [1.165, 1.54) is 0 Å². The molecule has 2 heterocycles. The number of amides is 1. The van der Waals surface area contributed by atoms with Gasteiger partial charge in [-0.25, -0.2) is 4.79 Å². The molecule has 5 heteroatoms. The highest BCUT2D eigenvalue weighted by Gasteiger charge is 2.28. The first kappa shape index (κ1) is 11.9. The maximum atomic E-state index is 11.8. The van der Waals surface area contributed by atoms with Crippen molar-refractivity contribution in [2.45, 2.75) is 18.9 Å². The van der Waals surface area contributed by atoms with Gasteiger partial charge in [0.15, 0.2) is 0 Å². The lowest BCUT2D eigenvalue weighted by Gasteiger charge is -2.22. The number of hydrogen-bond acceptors (Lipinski definition) is 3. The van der Waals surface area contributed by atoms with E-state index < -0.39 is 5.97 Å². The predicted molar refractivity (Wildman–Crippen MR) is 64.8 cm³/mol. The number of likely N-dealkylation sites (tertiary alicyclic amines) is 1. The molecule has 90 valence electrons. The lowest BCUT2D eigenvalue weighted by Crippen LogP contribution is -2.28. The van der Waals surface area contributed by atoms with Gasteiger partial charge in [-0.2, -0.15) is 11.3 Å². The Balaban J connectivity index is 2.10. The molecule has 0 radical (unpaired) electrons. The van der Waals surface area contributed by atoms with Crippen molar-refractivity contribution in [2.75, 3.05) is 6.54 Å². The molecule has 0 saturated carbocycles. The van der Waals surface area contributed by atoms with Gasteiger partial charge in [-0.05, 0) is 35.2 Å². The Morgan fingerprint density at radius 3 is 2.94 bits per heavy atom. The summed E-state index contributed by atoms with van der Waals surface area (Å²) >= 11 is 1.61. The summed E-state index contributed by atoms with van der Waals surface area (Å²) in [5.41, 5.74) is 1.14. The number of carbonyl (C=O) groups is 2. The third-order valence-corrected chi connectivity index (χ3v) is 3.53. The molecule has 1 unspecified atom stereocenters. The number of carboxylic acids is 1. The van der Waals surface area contributed by atoms with Crippen molar-refractivity contribution in [3.05, 3.63) is 34.5 Å². The Morgan fingerprint density at radius 2 is 2.29 bits per heavy atom. The Kier molecular flexibility index (Phi) is 3.58. The van der Waals surface area contributed by atoms with Crippen molar-refractivity contribution in [3.63, 3.8) is 0 Å². The van der Waals surface area contributed by atoms with E-state index in [1.807, 2.05) is 16.8 Å². The highest BCUT2D eigenvalue weighted by molar-refractivity contribution is 7.07. The Bertz CT molecular complexity index is 439. The molecule has 1 atom stereocenters. The zero-order valence-corrected chi connectivity index (χ0v) is 10.0. The molecule has 1 aromatic heterocycles. The number of rotatable bonds is 3. The van der Waals surface area contributed by atoms with Gasteiger partial charge in [0.2, 0.25) is 5.91 Å². The Hall–Kier alpha value is -1.62. The molecular formula is C12H13NO3S. The Labute approximate surface area is 103 Å². The van der Waals surface area contributed by atoms with E-state index in [0.29, 0.717) is 6.54 Å². The van der Waals surface area contributed by atoms with Crippen LogP contribution < -0.4 is 0 Å². The van der Waals surface area contributed by atoms with Gasteiger partial charge in [0.25, 0.3) is 0 Å². The summed E-state index contributed by atoms with van der Waals surface area (Å²) in [6.07, 6.45) is 3.94. The second kappa shape index (κ2) is 5.14. The van der Waals surface area contributed by atoms with Crippen LogP contribution in [0.1, 0.15) is 24.4 Å². The summed E-state index contributed by atoms with van der Waals surface area (Å²) in [5, 5.41) is 12.5. The van der Waals surface area contributed by atoms with Gasteiger partial charge in [0.05, 0.1) is 6.04 Å². The fourth-order valence-electron chi connectivity index (χ4n) is 2.08. The minimum absolute atomic E-state index is 0.104. The third-order valence-electron chi connectivity index (χ3n) is 2.83. The van der Waals surface area contributed by atoms with Gasteiger partial charge in [-0.15, -0.1) is 0 Å². The second-order valence-electron chi connectivity index (χ2n) is 3.92. The second-order valence-corrected chi connectivity index (χ2v) is 4.70. The predicted octanol–water partition coefficient (Wildman–Crippen LogP) is 2.05. The van der Waals surface area contributed by atoms with E-state index in [1.54, 1.807) is 16.2 Å². The minimum Gasteiger partial charge on any atom is -0.478 e. The molecule has 1 saturated heterocycles. The Morgan fingerprint density at radius 1 is 1.47 bits per heavy atom. The van der Waals surface area contributed by atoms with Crippen molar-refractivity contribution in [1.82, 2.24) is 4.90 Å². The van der Waals surface area contributed by atoms with Crippen LogP contribution in [0.25, 0.3) is 0 Å². The minimum atomic E-state index is -1.09. The molecule has 1 N–H and O–H groups in total. The summed E-state index contributed by atoms with van der Waals surface area (Å²) in [6.45, 7) is 0.698. The quantitative estimate of drug-likeness (QED) is 0.836. The molecule has 4 nitrogen and oxygen atoms in total. The van der Waals surface area contributed by atoms with Crippen molar-refractivity contribution >= 4 is 23.2 Å². The topological polar surface area (TPSA) is 57.6 Å². The van der Waals surface area contributed by atoms with Crippen LogP contribution in [0.3, 0.4) is 0 Å². The molecule has 1 aliphatic heterocycles. The SMILES string of the molecule is O=C(O)/C=C/C(=O)N1CCCC1c1ccsc1. The van der Waals surface area contributed by atoms with E-state index >= 15 is 0 Å². The van der Waals surface area contributed by atoms with Gasteiger partial charge in [-0.1, -0.05) is 0 Å². The molecular weight excluding hydrogens is 238 g/mol. The summed E-state index contributed by atoms with van der Waals surface area (Å²) in [5.74, 6) is -1.31. The van der Waals surface area contributed by atoms with Gasteiger partial charge in [0.1, 0.15) is 0 Å². The maximum absolute atomic E-state index is 11.8. The highest BCUT2D eigenvalue weighted by atomic mass is 32.1. The number of carbonyl (C=O) groups excluding carboxylic acids is 1. The van der Waals surface area contributed by atoms with Crippen LogP contribution >= 0.6 is 11.3 Å². The van der Waals surface area contributed by atoms with E-state index in [9.17, 15) is 9.59 Å². The zero-order valence-electron chi connectivity index (χ0n) is 9.20. The molecule has 1 fully saturated rings. The highest BCUT2D eigenvalue weighted by Crippen LogP contribution is 2.33. The normalized spacial score (nSPS) is 20.0. The smallest absolute Gasteiger partial charge is 0.328 e. The summed E-state index contributed by atoms with van der Waals surface area (Å²) < 4.78 is 0. The van der Waals surface area contributed by atoms with E-state index in [-0.39, 0.29) is 11.9 Å². The number of thiophene rings is 1. The average Bonchev–Trinajstić information content (AvgIpc) is 2.94. The standard InChI is InChI=1S/C12H13NO3S/c14-11(3-4-12(15)16)13-6-1-2-10(13)9-5-7-17-8-9/h3-5,7-8,10H,1-2,6H2,(H,15,16)/b4-3+. The molecule has 0 aromatic carbocycles. The van der Waals surface area contributed by atoms with Crippen LogP contribution in [-0.4, -0.2) is 28.4 Å². The van der Waals surface area contributed by atoms with Crippen molar-refractivity contribution in [2.24, 2.45) is 0 Å². The maximum Gasteiger partial charge on any atom is 0.328 e. The fraction of sp³-hybridized carbons (Fsp3) is 0.333. The molecule has 2 rings (SSSR count). The average molecular weight is 251 g/mol. The fourth-order valence-corrected chi connectivity index (χ4v) is 2.79. The van der Waals surface area contributed by atoms with Crippen LogP contribution in [0.2, 0.25) is 0 Å². The third kappa shape index (κ3) is 2.74. The zero-order chi connectivity index (χ0) is 12.3. The lowest BCUT2D eigenvalue weighted by atomic mass is 10.1. The van der Waals surface area contributed by atoms with Crippen molar-refractivity contribution in [3.8, 4) is 0 Å². The number of carboxylic acid groups (broad SMARTS) is 1. The monoisotopic (exact) mass is 251 g/mol. The molecule has 1 aromatic rings. The summed E-state index contributed by atoms with van der Waals surface area (Å²) in [7, 11) is 0. The van der Waals surface area contributed by atoms with Gasteiger partial charge in [-0.3, -0.25) is 4.79 Å². The molecule has 17 heavy (non-hydrogen) atoms. The van der Waals surface area contributed by atoms with Gasteiger partial charge in [0, 0.05) is 18.7 Å². The van der Waals surface area contributed by atoms with Crippen LogP contribution in [0.15, 0.2) is 29.0 Å². The number of hydrogen-bond donors (Lipinski definition) is 1. The van der Waals surface area contributed by atoms with E-state index in [4.69, 9.17) is 5.11 Å². The molecule has 0 bridgehead atoms.